The summed E-state index contributed by atoms with van der Waals surface area (Å²) >= 11 is 0. The van der Waals surface area contributed by atoms with Crippen LogP contribution in [0.2, 0.25) is 0 Å². The molecular formula is C49H51N3. The largest absolute Gasteiger partial charge is 0.246 e. The highest BCUT2D eigenvalue weighted by Gasteiger charge is 2.33. The lowest BCUT2D eigenvalue weighted by molar-refractivity contribution is 0.734. The Morgan fingerprint density at radius 1 is 0.462 bits per heavy atom. The van der Waals surface area contributed by atoms with Gasteiger partial charge in [0.1, 0.15) is 0 Å². The number of aryl methyl sites for hydroxylation is 2. The van der Waals surface area contributed by atoms with Crippen molar-refractivity contribution in [2.24, 2.45) is 0 Å². The van der Waals surface area contributed by atoms with E-state index < -0.39 is 0 Å². The normalized spacial score (nSPS) is 17.2. The van der Waals surface area contributed by atoms with Gasteiger partial charge in [-0.15, -0.1) is 0 Å². The SMILES string of the molecule is CCCCc1c2c(nc3c1CCc1cc4c(nc1-3)-c1nc3c(c(CCCC)c1CC4)CCC/C3=C\c1ccccc1)/C(=C/c1ccccc1)CCC2. The molecule has 0 radical (unpaired) electrons. The van der Waals surface area contributed by atoms with Crippen LogP contribution in [0.3, 0.4) is 0 Å². The van der Waals surface area contributed by atoms with Gasteiger partial charge in [0.15, 0.2) is 0 Å². The van der Waals surface area contributed by atoms with Crippen LogP contribution in [0.4, 0.5) is 0 Å². The molecule has 0 unspecified atom stereocenters. The standard InChI is InChI=1S/C49H51N3/c1-3-5-21-38-40-23-13-19-34(29-32-15-9-7-10-16-32)44(40)50-48-42(38)27-25-36-31-37-26-28-43-39(22-6-4-2)41-24-14-20-35(30-33-17-11-8-12-18-33)45(41)51-49(43)47(37)52-46(36)48/h7-12,15-18,29-31H,3-6,13-14,19-28H2,1-2H3/b34-29+,35-30+. The Balaban J connectivity index is 1.23. The van der Waals surface area contributed by atoms with E-state index in [1.165, 1.54) is 106 Å². The Morgan fingerprint density at radius 3 is 1.33 bits per heavy atom. The van der Waals surface area contributed by atoms with Crippen LogP contribution in [0, 0.1) is 0 Å². The topological polar surface area (TPSA) is 38.7 Å². The van der Waals surface area contributed by atoms with Crippen LogP contribution in [0.15, 0.2) is 66.7 Å². The van der Waals surface area contributed by atoms with Crippen LogP contribution in [0.1, 0.15) is 132 Å². The molecule has 0 fully saturated rings. The molecule has 0 atom stereocenters. The van der Waals surface area contributed by atoms with Gasteiger partial charge in [-0.1, -0.05) is 93.4 Å². The maximum absolute atomic E-state index is 5.73. The van der Waals surface area contributed by atoms with Gasteiger partial charge < -0.3 is 0 Å². The number of unbranched alkanes of at least 4 members (excludes halogenated alkanes) is 2. The Labute approximate surface area is 310 Å². The lowest BCUT2D eigenvalue weighted by Gasteiger charge is -2.31. The highest BCUT2D eigenvalue weighted by atomic mass is 14.9. The van der Waals surface area contributed by atoms with E-state index in [9.17, 15) is 0 Å². The summed E-state index contributed by atoms with van der Waals surface area (Å²) < 4.78 is 0. The quantitative estimate of drug-likeness (QED) is 0.164. The fourth-order valence-electron chi connectivity index (χ4n) is 9.58. The number of allylic oxidation sites excluding steroid dienone is 2. The van der Waals surface area contributed by atoms with E-state index in [1.807, 2.05) is 0 Å². The first-order chi connectivity index (χ1) is 25.7. The highest BCUT2D eigenvalue weighted by Crippen LogP contribution is 2.45. The molecule has 52 heavy (non-hydrogen) atoms. The minimum Gasteiger partial charge on any atom is -0.246 e. The molecular weight excluding hydrogens is 631 g/mol. The maximum atomic E-state index is 5.73. The second-order valence-electron chi connectivity index (χ2n) is 15.6. The number of pyridine rings is 3. The van der Waals surface area contributed by atoms with Crippen LogP contribution >= 0.6 is 0 Å². The molecule has 0 bridgehead atoms. The van der Waals surface area contributed by atoms with E-state index in [2.05, 4.69) is 92.7 Å². The molecule has 0 amide bonds. The fraction of sp³-hybridized carbons (Fsp3) is 0.367. The summed E-state index contributed by atoms with van der Waals surface area (Å²) in [6, 6.07) is 24.2. The van der Waals surface area contributed by atoms with Gasteiger partial charge in [0.05, 0.1) is 34.2 Å². The first-order valence-electron chi connectivity index (χ1n) is 20.3. The van der Waals surface area contributed by atoms with Gasteiger partial charge in [-0.25, -0.2) is 15.0 Å². The van der Waals surface area contributed by atoms with Gasteiger partial charge in [-0.05, 0) is 169 Å². The summed E-state index contributed by atoms with van der Waals surface area (Å²) in [6.45, 7) is 4.64. The van der Waals surface area contributed by atoms with Crippen molar-refractivity contribution in [1.82, 2.24) is 15.0 Å². The van der Waals surface area contributed by atoms with Crippen molar-refractivity contribution in [3.63, 3.8) is 0 Å². The van der Waals surface area contributed by atoms with Crippen molar-refractivity contribution in [2.45, 2.75) is 117 Å². The first-order valence-corrected chi connectivity index (χ1v) is 20.3. The first kappa shape index (κ1) is 33.2. The Kier molecular flexibility index (Phi) is 9.21. The minimum atomic E-state index is 1.05. The number of hydrogen-bond acceptors (Lipinski definition) is 3. The van der Waals surface area contributed by atoms with Gasteiger partial charge >= 0.3 is 0 Å². The van der Waals surface area contributed by atoms with Gasteiger partial charge in [0, 0.05) is 0 Å². The van der Waals surface area contributed by atoms with E-state index in [4.69, 9.17) is 15.0 Å². The molecule has 2 aromatic carbocycles. The van der Waals surface area contributed by atoms with Gasteiger partial charge in [-0.2, -0.15) is 0 Å². The summed E-state index contributed by atoms with van der Waals surface area (Å²) in [7, 11) is 0. The number of benzene rings is 2. The Morgan fingerprint density at radius 2 is 0.885 bits per heavy atom. The summed E-state index contributed by atoms with van der Waals surface area (Å²) in [4.78, 5) is 17.1. The lowest BCUT2D eigenvalue weighted by atomic mass is 9.78. The van der Waals surface area contributed by atoms with Crippen LogP contribution in [0.25, 0.3) is 46.1 Å². The number of rotatable bonds is 8. The summed E-state index contributed by atoms with van der Waals surface area (Å²) in [5.74, 6) is 0. The molecule has 4 aliphatic carbocycles. The number of hydrogen-bond donors (Lipinski definition) is 0. The van der Waals surface area contributed by atoms with E-state index in [0.29, 0.717) is 0 Å². The second-order valence-corrected chi connectivity index (χ2v) is 15.6. The van der Waals surface area contributed by atoms with Crippen molar-refractivity contribution in [3.05, 3.63) is 134 Å². The van der Waals surface area contributed by atoms with E-state index in [1.54, 1.807) is 11.1 Å². The van der Waals surface area contributed by atoms with Gasteiger partial charge in [0.25, 0.3) is 0 Å². The molecule has 0 N–H and O–H groups in total. The number of aromatic nitrogens is 3. The molecule has 3 heterocycles. The Hall–Kier alpha value is -4.63. The van der Waals surface area contributed by atoms with Crippen LogP contribution < -0.4 is 0 Å². The molecule has 0 spiro atoms. The van der Waals surface area contributed by atoms with Crippen LogP contribution in [-0.2, 0) is 51.4 Å². The molecule has 3 heteroatoms. The van der Waals surface area contributed by atoms with E-state index in [-0.39, 0.29) is 0 Å². The van der Waals surface area contributed by atoms with Gasteiger partial charge in [-0.3, -0.25) is 0 Å². The zero-order valence-corrected chi connectivity index (χ0v) is 31.2. The maximum Gasteiger partial charge on any atom is 0.0931 e. The summed E-state index contributed by atoms with van der Waals surface area (Å²) in [6.07, 6.45) is 22.9. The summed E-state index contributed by atoms with van der Waals surface area (Å²) in [5, 5.41) is 0. The third-order valence-electron chi connectivity index (χ3n) is 12.2. The molecule has 4 aliphatic rings. The van der Waals surface area contributed by atoms with Crippen molar-refractivity contribution >= 4 is 23.3 Å². The highest BCUT2D eigenvalue weighted by molar-refractivity contribution is 5.87. The molecule has 0 saturated carbocycles. The van der Waals surface area contributed by atoms with Crippen molar-refractivity contribution in [2.75, 3.05) is 0 Å². The zero-order chi connectivity index (χ0) is 35.0. The average molecular weight is 682 g/mol. The van der Waals surface area contributed by atoms with Gasteiger partial charge in [0.2, 0.25) is 0 Å². The molecule has 3 nitrogen and oxygen atoms in total. The smallest absolute Gasteiger partial charge is 0.0931 e. The number of fused-ring (bicyclic) bond motifs is 8. The summed E-state index contributed by atoms with van der Waals surface area (Å²) in [5.41, 5.74) is 24.2. The van der Waals surface area contributed by atoms with Crippen molar-refractivity contribution in [3.8, 4) is 22.8 Å². The monoisotopic (exact) mass is 681 g/mol. The average Bonchev–Trinajstić information content (AvgIpc) is 3.18. The Bertz CT molecular complexity index is 2050. The molecule has 0 aliphatic heterocycles. The van der Waals surface area contributed by atoms with E-state index in [0.717, 1.165) is 87.0 Å². The molecule has 262 valence electrons. The van der Waals surface area contributed by atoms with Crippen molar-refractivity contribution in [1.29, 1.82) is 0 Å². The van der Waals surface area contributed by atoms with Crippen LogP contribution in [0.5, 0.6) is 0 Å². The van der Waals surface area contributed by atoms with Crippen molar-refractivity contribution < 1.29 is 0 Å². The van der Waals surface area contributed by atoms with E-state index >= 15 is 0 Å². The molecule has 0 saturated heterocycles. The predicted octanol–water partition coefficient (Wildman–Crippen LogP) is 11.8. The molecule has 5 aromatic rings. The zero-order valence-electron chi connectivity index (χ0n) is 31.2. The van der Waals surface area contributed by atoms with Crippen LogP contribution in [-0.4, -0.2) is 15.0 Å². The fourth-order valence-corrected chi connectivity index (χ4v) is 9.58. The third-order valence-corrected chi connectivity index (χ3v) is 12.2. The predicted molar refractivity (Wildman–Crippen MR) is 217 cm³/mol. The number of nitrogens with zero attached hydrogens (tertiary/aromatic N) is 3. The minimum absolute atomic E-state index is 1.05. The molecule has 9 rings (SSSR count). The molecule has 3 aromatic heterocycles. The lowest BCUT2D eigenvalue weighted by Crippen LogP contribution is -2.20. The second kappa shape index (κ2) is 14.4. The third kappa shape index (κ3) is 6.06.